The largest absolute Gasteiger partial charge is 0.484 e. The first kappa shape index (κ1) is 16.4. The standard InChI is InChI=1S/C19H25N3O3/c23-18-5-2-8-22(18)16-3-1-4-17(13-16)25-14-19(24)21-11-9-20(10-12-21)15-6-7-15/h1,3-4,13,15H,2,5-12,14H2. The molecule has 3 fully saturated rings. The first-order chi connectivity index (χ1) is 12.2. The minimum absolute atomic E-state index is 0.0399. The molecule has 0 N–H and O–H groups in total. The predicted octanol–water partition coefficient (Wildman–Crippen LogP) is 1.50. The summed E-state index contributed by atoms with van der Waals surface area (Å²) in [6.07, 6.45) is 4.13. The van der Waals surface area contributed by atoms with Crippen LogP contribution in [-0.2, 0) is 9.59 Å². The molecule has 0 bridgehead atoms. The molecule has 6 nitrogen and oxygen atoms in total. The maximum Gasteiger partial charge on any atom is 0.260 e. The number of benzene rings is 1. The molecule has 1 aromatic carbocycles. The fourth-order valence-corrected chi connectivity index (χ4v) is 3.67. The van der Waals surface area contributed by atoms with Gasteiger partial charge in [-0.1, -0.05) is 6.07 Å². The minimum Gasteiger partial charge on any atom is -0.484 e. The second-order valence-electron chi connectivity index (χ2n) is 7.08. The van der Waals surface area contributed by atoms with Gasteiger partial charge in [-0.25, -0.2) is 0 Å². The zero-order valence-electron chi connectivity index (χ0n) is 14.5. The van der Waals surface area contributed by atoms with E-state index in [1.54, 1.807) is 4.90 Å². The molecule has 1 aliphatic carbocycles. The molecule has 0 aromatic heterocycles. The summed E-state index contributed by atoms with van der Waals surface area (Å²) in [6, 6.07) is 8.23. The van der Waals surface area contributed by atoms with Crippen LogP contribution < -0.4 is 9.64 Å². The molecule has 0 unspecified atom stereocenters. The summed E-state index contributed by atoms with van der Waals surface area (Å²) in [7, 11) is 0. The zero-order valence-corrected chi connectivity index (χ0v) is 14.5. The highest BCUT2D eigenvalue weighted by Gasteiger charge is 2.32. The van der Waals surface area contributed by atoms with Gasteiger partial charge in [0.25, 0.3) is 5.91 Å². The van der Waals surface area contributed by atoms with Gasteiger partial charge in [0.1, 0.15) is 5.75 Å². The SMILES string of the molecule is O=C(COc1cccc(N2CCCC2=O)c1)N1CCN(C2CC2)CC1. The van der Waals surface area contributed by atoms with E-state index in [9.17, 15) is 9.59 Å². The number of hydrogen-bond donors (Lipinski definition) is 0. The Morgan fingerprint density at radius 1 is 1.12 bits per heavy atom. The number of carbonyl (C=O) groups excluding carboxylic acids is 2. The van der Waals surface area contributed by atoms with Gasteiger partial charge in [0.15, 0.2) is 6.61 Å². The average molecular weight is 343 g/mol. The summed E-state index contributed by atoms with van der Waals surface area (Å²) in [5.41, 5.74) is 0.852. The van der Waals surface area contributed by atoms with E-state index < -0.39 is 0 Å². The molecule has 0 spiro atoms. The summed E-state index contributed by atoms with van der Waals surface area (Å²) in [5, 5.41) is 0. The van der Waals surface area contributed by atoms with E-state index in [0.29, 0.717) is 12.2 Å². The maximum absolute atomic E-state index is 12.4. The van der Waals surface area contributed by atoms with Crippen molar-refractivity contribution in [1.29, 1.82) is 0 Å². The van der Waals surface area contributed by atoms with Crippen LogP contribution in [0.3, 0.4) is 0 Å². The Kier molecular flexibility index (Phi) is 4.61. The van der Waals surface area contributed by atoms with Crippen LogP contribution >= 0.6 is 0 Å². The monoisotopic (exact) mass is 343 g/mol. The van der Waals surface area contributed by atoms with Gasteiger partial charge in [-0.15, -0.1) is 0 Å². The third-order valence-corrected chi connectivity index (χ3v) is 5.30. The Labute approximate surface area is 148 Å². The summed E-state index contributed by atoms with van der Waals surface area (Å²) < 4.78 is 5.70. The number of anilines is 1. The lowest BCUT2D eigenvalue weighted by Gasteiger charge is -2.34. The molecule has 0 radical (unpaired) electrons. The van der Waals surface area contributed by atoms with Crippen LogP contribution in [0.25, 0.3) is 0 Å². The van der Waals surface area contributed by atoms with Crippen molar-refractivity contribution in [2.75, 3.05) is 44.2 Å². The number of piperazine rings is 1. The summed E-state index contributed by atoms with van der Waals surface area (Å²) in [4.78, 5) is 30.4. The van der Waals surface area contributed by atoms with Gasteiger partial charge in [0, 0.05) is 56.9 Å². The van der Waals surface area contributed by atoms with Crippen molar-refractivity contribution < 1.29 is 14.3 Å². The average Bonchev–Trinajstić information content (AvgIpc) is 3.41. The van der Waals surface area contributed by atoms with Gasteiger partial charge in [-0.3, -0.25) is 14.5 Å². The van der Waals surface area contributed by atoms with Gasteiger partial charge in [-0.05, 0) is 31.4 Å². The number of amides is 2. The highest BCUT2D eigenvalue weighted by molar-refractivity contribution is 5.95. The number of nitrogens with zero attached hydrogens (tertiary/aromatic N) is 3. The highest BCUT2D eigenvalue weighted by Crippen LogP contribution is 2.28. The maximum atomic E-state index is 12.4. The van der Waals surface area contributed by atoms with E-state index in [1.807, 2.05) is 29.2 Å². The van der Waals surface area contributed by atoms with E-state index in [0.717, 1.165) is 50.9 Å². The van der Waals surface area contributed by atoms with Crippen molar-refractivity contribution in [2.24, 2.45) is 0 Å². The fourth-order valence-electron chi connectivity index (χ4n) is 3.67. The molecule has 6 heteroatoms. The van der Waals surface area contributed by atoms with E-state index in [2.05, 4.69) is 4.90 Å². The first-order valence-corrected chi connectivity index (χ1v) is 9.26. The van der Waals surface area contributed by atoms with Gasteiger partial charge in [0.05, 0.1) is 0 Å². The molecular formula is C19H25N3O3. The normalized spacial score (nSPS) is 21.7. The van der Waals surface area contributed by atoms with Crippen LogP contribution in [0, 0.1) is 0 Å². The van der Waals surface area contributed by atoms with Crippen LogP contribution in [0.1, 0.15) is 25.7 Å². The first-order valence-electron chi connectivity index (χ1n) is 9.26. The molecule has 134 valence electrons. The van der Waals surface area contributed by atoms with Gasteiger partial charge < -0.3 is 14.5 Å². The van der Waals surface area contributed by atoms with E-state index in [4.69, 9.17) is 4.74 Å². The van der Waals surface area contributed by atoms with Crippen LogP contribution in [0.15, 0.2) is 24.3 Å². The molecule has 2 saturated heterocycles. The number of hydrogen-bond acceptors (Lipinski definition) is 4. The van der Waals surface area contributed by atoms with Crippen LogP contribution in [-0.4, -0.2) is 67.0 Å². The van der Waals surface area contributed by atoms with Crippen molar-refractivity contribution in [3.8, 4) is 5.75 Å². The molecular weight excluding hydrogens is 318 g/mol. The molecule has 1 aromatic rings. The third-order valence-electron chi connectivity index (χ3n) is 5.30. The molecule has 4 rings (SSSR count). The molecule has 3 aliphatic rings. The smallest absolute Gasteiger partial charge is 0.260 e. The van der Waals surface area contributed by atoms with Gasteiger partial charge in [0.2, 0.25) is 5.91 Å². The van der Waals surface area contributed by atoms with Crippen molar-refractivity contribution in [2.45, 2.75) is 31.7 Å². The fraction of sp³-hybridized carbons (Fsp3) is 0.579. The summed E-state index contributed by atoms with van der Waals surface area (Å²) in [5.74, 6) is 0.835. The second kappa shape index (κ2) is 7.04. The Morgan fingerprint density at radius 2 is 1.92 bits per heavy atom. The molecule has 2 aliphatic heterocycles. The van der Waals surface area contributed by atoms with Crippen molar-refractivity contribution in [1.82, 2.24) is 9.80 Å². The summed E-state index contributed by atoms with van der Waals surface area (Å²) >= 11 is 0. The molecule has 2 heterocycles. The molecule has 0 atom stereocenters. The van der Waals surface area contributed by atoms with Crippen LogP contribution in [0.4, 0.5) is 5.69 Å². The predicted molar refractivity (Wildman–Crippen MR) is 94.7 cm³/mol. The zero-order chi connectivity index (χ0) is 17.2. The molecule has 2 amide bonds. The lowest BCUT2D eigenvalue weighted by Crippen LogP contribution is -2.50. The number of rotatable bonds is 5. The van der Waals surface area contributed by atoms with Crippen molar-refractivity contribution >= 4 is 17.5 Å². The van der Waals surface area contributed by atoms with Gasteiger partial charge >= 0.3 is 0 Å². The minimum atomic E-state index is 0.0399. The van der Waals surface area contributed by atoms with Gasteiger partial charge in [-0.2, -0.15) is 0 Å². The second-order valence-corrected chi connectivity index (χ2v) is 7.08. The lowest BCUT2D eigenvalue weighted by molar-refractivity contribution is -0.135. The van der Waals surface area contributed by atoms with Crippen molar-refractivity contribution in [3.05, 3.63) is 24.3 Å². The van der Waals surface area contributed by atoms with Crippen molar-refractivity contribution in [3.63, 3.8) is 0 Å². The third kappa shape index (κ3) is 3.79. The topological polar surface area (TPSA) is 53.1 Å². The van der Waals surface area contributed by atoms with E-state index in [-0.39, 0.29) is 18.4 Å². The van der Waals surface area contributed by atoms with E-state index in [1.165, 1.54) is 12.8 Å². The number of ether oxygens (including phenoxy) is 1. The molecule has 25 heavy (non-hydrogen) atoms. The molecule has 1 saturated carbocycles. The Morgan fingerprint density at radius 3 is 2.60 bits per heavy atom. The summed E-state index contributed by atoms with van der Waals surface area (Å²) in [6.45, 7) is 4.35. The number of carbonyl (C=O) groups is 2. The Hall–Kier alpha value is -2.08. The quantitative estimate of drug-likeness (QED) is 0.813. The Bertz CT molecular complexity index is 651. The van der Waals surface area contributed by atoms with Crippen LogP contribution in [0.5, 0.6) is 5.75 Å². The van der Waals surface area contributed by atoms with Crippen LogP contribution in [0.2, 0.25) is 0 Å². The highest BCUT2D eigenvalue weighted by atomic mass is 16.5. The Balaban J connectivity index is 1.29. The van der Waals surface area contributed by atoms with E-state index >= 15 is 0 Å². The lowest BCUT2D eigenvalue weighted by atomic mass is 10.2.